The smallest absolute Gasteiger partial charge is 0.195 e. The Labute approximate surface area is 167 Å². The van der Waals surface area contributed by atoms with Crippen LogP contribution in [-0.2, 0) is 9.16 Å². The van der Waals surface area contributed by atoms with Crippen LogP contribution in [-0.4, -0.2) is 33.1 Å². The lowest BCUT2D eigenvalue weighted by Gasteiger charge is -2.42. The van der Waals surface area contributed by atoms with Gasteiger partial charge in [-0.05, 0) is 49.4 Å². The van der Waals surface area contributed by atoms with Crippen molar-refractivity contribution in [3.8, 4) is 0 Å². The van der Waals surface area contributed by atoms with Gasteiger partial charge in [0.1, 0.15) is 0 Å². The number of hydrogen-bond acceptors (Lipinski definition) is 2. The van der Waals surface area contributed by atoms with E-state index in [1.807, 2.05) is 0 Å². The first-order valence-electron chi connectivity index (χ1n) is 10.3. The Bertz CT molecular complexity index is 450. The second-order valence-corrected chi connectivity index (χ2v) is 23.1. The second kappa shape index (κ2) is 7.69. The quantitative estimate of drug-likeness (QED) is 0.327. The highest BCUT2D eigenvalue weighted by Crippen LogP contribution is 2.50. The molecular formula is C20H41BrO2Si2. The minimum absolute atomic E-state index is 0.00903. The van der Waals surface area contributed by atoms with E-state index < -0.39 is 16.4 Å². The number of ether oxygens (including phenoxy) is 1. The molecule has 1 saturated heterocycles. The SMILES string of the molecule is CC(C)(C)[Si](C)(C)O[C@@H]1O[C@@H](C2CCCCC2)C[C@]1(Br)C[Si](C)(C)C. The van der Waals surface area contributed by atoms with Gasteiger partial charge in [0.15, 0.2) is 14.6 Å². The lowest BCUT2D eigenvalue weighted by Crippen LogP contribution is -2.50. The van der Waals surface area contributed by atoms with Gasteiger partial charge in [-0.15, -0.1) is 0 Å². The normalized spacial score (nSPS) is 33.0. The molecule has 148 valence electrons. The molecule has 1 aliphatic heterocycles. The van der Waals surface area contributed by atoms with Crippen molar-refractivity contribution in [3.63, 3.8) is 0 Å². The highest BCUT2D eigenvalue weighted by molar-refractivity contribution is 9.10. The summed E-state index contributed by atoms with van der Waals surface area (Å²) in [7, 11) is -3.08. The largest absolute Gasteiger partial charge is 0.391 e. The highest BCUT2D eigenvalue weighted by Gasteiger charge is 2.54. The summed E-state index contributed by atoms with van der Waals surface area (Å²) in [6.45, 7) is 19.1. The molecule has 0 spiro atoms. The molecule has 0 radical (unpaired) electrons. The molecule has 1 saturated carbocycles. The molecule has 1 aliphatic carbocycles. The van der Waals surface area contributed by atoms with E-state index in [4.69, 9.17) is 9.16 Å². The van der Waals surface area contributed by atoms with E-state index in [9.17, 15) is 0 Å². The Balaban J connectivity index is 2.20. The fraction of sp³-hybridized carbons (Fsp3) is 1.00. The van der Waals surface area contributed by atoms with Crippen molar-refractivity contribution in [2.24, 2.45) is 5.92 Å². The van der Waals surface area contributed by atoms with Crippen LogP contribution in [0.1, 0.15) is 59.3 Å². The Kier molecular flexibility index (Phi) is 6.80. The van der Waals surface area contributed by atoms with Gasteiger partial charge < -0.3 is 9.16 Å². The summed E-state index contributed by atoms with van der Waals surface area (Å²) in [6.07, 6.45) is 8.27. The topological polar surface area (TPSA) is 18.5 Å². The molecule has 0 bridgehead atoms. The average Bonchev–Trinajstić information content (AvgIpc) is 2.72. The summed E-state index contributed by atoms with van der Waals surface area (Å²) in [5.74, 6) is 0.736. The third kappa shape index (κ3) is 5.66. The van der Waals surface area contributed by atoms with Crippen LogP contribution in [0.15, 0.2) is 0 Å². The predicted molar refractivity (Wildman–Crippen MR) is 118 cm³/mol. The van der Waals surface area contributed by atoms with Crippen LogP contribution >= 0.6 is 15.9 Å². The lowest BCUT2D eigenvalue weighted by atomic mass is 9.83. The fourth-order valence-corrected chi connectivity index (χ4v) is 10.6. The number of alkyl halides is 1. The maximum Gasteiger partial charge on any atom is 0.195 e. The highest BCUT2D eigenvalue weighted by atomic mass is 79.9. The number of rotatable bonds is 5. The van der Waals surface area contributed by atoms with Gasteiger partial charge in [0.2, 0.25) is 0 Å². The summed E-state index contributed by atoms with van der Waals surface area (Å²) in [5.41, 5.74) is 0. The van der Waals surface area contributed by atoms with E-state index in [1.54, 1.807) is 0 Å². The fourth-order valence-electron chi connectivity index (χ4n) is 4.16. The molecule has 25 heavy (non-hydrogen) atoms. The van der Waals surface area contributed by atoms with Crippen LogP contribution < -0.4 is 0 Å². The van der Waals surface area contributed by atoms with Crippen molar-refractivity contribution < 1.29 is 9.16 Å². The second-order valence-electron chi connectivity index (χ2n) is 11.3. The molecule has 0 unspecified atom stereocenters. The molecule has 0 aromatic heterocycles. The van der Waals surface area contributed by atoms with Gasteiger partial charge in [0.25, 0.3) is 0 Å². The van der Waals surface area contributed by atoms with E-state index >= 15 is 0 Å². The molecule has 2 nitrogen and oxygen atoms in total. The van der Waals surface area contributed by atoms with Crippen molar-refractivity contribution in [2.45, 2.75) is 120 Å². The molecule has 0 aromatic rings. The summed E-state index contributed by atoms with van der Waals surface area (Å²) < 4.78 is 13.5. The average molecular weight is 450 g/mol. The van der Waals surface area contributed by atoms with E-state index in [0.717, 1.165) is 12.3 Å². The molecule has 0 aromatic carbocycles. The first-order chi connectivity index (χ1) is 11.2. The Morgan fingerprint density at radius 1 is 1.04 bits per heavy atom. The standard InChI is InChI=1S/C20H41BrO2Si2/c1-19(2,3)25(7,8)23-18-20(21,15-24(4,5)6)14-17(22-18)16-12-10-9-11-13-16/h16-18H,9-15H2,1-8H3/t17-,18+,20+/m1/s1. The van der Waals surface area contributed by atoms with E-state index in [1.165, 1.54) is 38.1 Å². The first kappa shape index (κ1) is 22.1. The molecule has 2 fully saturated rings. The first-order valence-corrected chi connectivity index (χ1v) is 17.7. The number of halogens is 1. The maximum absolute atomic E-state index is 6.84. The van der Waals surface area contributed by atoms with E-state index in [0.29, 0.717) is 6.10 Å². The van der Waals surface area contributed by atoms with Crippen LogP contribution in [0.5, 0.6) is 0 Å². The minimum Gasteiger partial charge on any atom is -0.391 e. The van der Waals surface area contributed by atoms with Crippen molar-refractivity contribution in [3.05, 3.63) is 0 Å². The van der Waals surface area contributed by atoms with Gasteiger partial charge in [0, 0.05) is 8.07 Å². The van der Waals surface area contributed by atoms with Gasteiger partial charge in [-0.1, -0.05) is 75.6 Å². The Hall–Kier alpha value is 0.834. The van der Waals surface area contributed by atoms with Crippen molar-refractivity contribution >= 4 is 32.3 Å². The van der Waals surface area contributed by atoms with Gasteiger partial charge in [-0.3, -0.25) is 0 Å². The van der Waals surface area contributed by atoms with E-state index in [2.05, 4.69) is 69.4 Å². The zero-order chi connectivity index (χ0) is 19.1. The van der Waals surface area contributed by atoms with Gasteiger partial charge in [0.05, 0.1) is 10.4 Å². The Morgan fingerprint density at radius 3 is 2.08 bits per heavy atom. The summed E-state index contributed by atoms with van der Waals surface area (Å²) >= 11 is 4.18. The molecule has 1 heterocycles. The molecule has 0 amide bonds. The van der Waals surface area contributed by atoms with Crippen molar-refractivity contribution in [1.29, 1.82) is 0 Å². The van der Waals surface area contributed by atoms with Crippen molar-refractivity contribution in [2.75, 3.05) is 0 Å². The monoisotopic (exact) mass is 448 g/mol. The number of hydrogen-bond donors (Lipinski definition) is 0. The molecule has 2 rings (SSSR count). The van der Waals surface area contributed by atoms with E-state index in [-0.39, 0.29) is 15.7 Å². The third-order valence-corrected chi connectivity index (χ3v) is 14.1. The van der Waals surface area contributed by atoms with Crippen LogP contribution in [0.3, 0.4) is 0 Å². The third-order valence-electron chi connectivity index (χ3n) is 6.47. The summed E-state index contributed by atoms with van der Waals surface area (Å²) in [5, 5.41) is 0.215. The maximum atomic E-state index is 6.84. The van der Waals surface area contributed by atoms with Crippen LogP contribution in [0.4, 0.5) is 0 Å². The zero-order valence-electron chi connectivity index (χ0n) is 17.9. The predicted octanol–water partition coefficient (Wildman–Crippen LogP) is 7.18. The van der Waals surface area contributed by atoms with Crippen LogP contribution in [0.2, 0.25) is 43.8 Å². The molecule has 3 atom stereocenters. The summed E-state index contributed by atoms with van der Waals surface area (Å²) in [4.78, 5) is 0. The van der Waals surface area contributed by atoms with Gasteiger partial charge in [-0.25, -0.2) is 0 Å². The molecule has 0 N–H and O–H groups in total. The van der Waals surface area contributed by atoms with Crippen LogP contribution in [0, 0.1) is 5.92 Å². The minimum atomic E-state index is -1.85. The molecule has 5 heteroatoms. The lowest BCUT2D eigenvalue weighted by molar-refractivity contribution is -0.105. The van der Waals surface area contributed by atoms with Gasteiger partial charge >= 0.3 is 0 Å². The van der Waals surface area contributed by atoms with Gasteiger partial charge in [-0.2, -0.15) is 0 Å². The van der Waals surface area contributed by atoms with Crippen molar-refractivity contribution in [1.82, 2.24) is 0 Å². The zero-order valence-corrected chi connectivity index (χ0v) is 21.5. The van der Waals surface area contributed by atoms with Crippen LogP contribution in [0.25, 0.3) is 0 Å². The molecular weight excluding hydrogens is 408 g/mol. The summed E-state index contributed by atoms with van der Waals surface area (Å²) in [6, 6.07) is 1.22. The Morgan fingerprint density at radius 2 is 1.60 bits per heavy atom. The molecule has 2 aliphatic rings.